The molecule has 6 nitrogen and oxygen atoms in total. The summed E-state index contributed by atoms with van der Waals surface area (Å²) in [5.74, 6) is 0.481. The van der Waals surface area contributed by atoms with Crippen molar-refractivity contribution < 1.29 is 19.0 Å². The maximum absolute atomic E-state index is 11.4. The number of benzene rings is 2. The van der Waals surface area contributed by atoms with Crippen molar-refractivity contribution in [2.24, 2.45) is 5.10 Å². The second-order valence-electron chi connectivity index (χ2n) is 5.00. The van der Waals surface area contributed by atoms with E-state index in [1.54, 1.807) is 49.5 Å². The molecule has 2 rings (SSSR count). The van der Waals surface area contributed by atoms with E-state index in [1.165, 1.54) is 7.11 Å². The third kappa shape index (κ3) is 5.82. The van der Waals surface area contributed by atoms with E-state index in [0.29, 0.717) is 33.8 Å². The molecule has 0 spiro atoms. The lowest BCUT2D eigenvalue weighted by Crippen LogP contribution is -2.14. The van der Waals surface area contributed by atoms with Crippen LogP contribution in [0.2, 0.25) is 10.0 Å². The fourth-order valence-electron chi connectivity index (χ4n) is 1.97. The van der Waals surface area contributed by atoms with Crippen LogP contribution in [0.5, 0.6) is 11.5 Å². The Morgan fingerprint density at radius 3 is 2.65 bits per heavy atom. The lowest BCUT2D eigenvalue weighted by atomic mass is 10.2. The number of nitrogens with zero attached hydrogens (tertiary/aromatic N) is 1. The first-order valence-electron chi connectivity index (χ1n) is 7.74. The summed E-state index contributed by atoms with van der Waals surface area (Å²) in [4.78, 5) is 11.4. The molecule has 26 heavy (non-hydrogen) atoms. The highest BCUT2D eigenvalue weighted by Crippen LogP contribution is 2.28. The number of nitrogens with one attached hydrogen (secondary N) is 1. The SMILES string of the molecule is CCOC(=O)COc1ccc(/C=N\Nc2ccc(Cl)c(Cl)c2)cc1OC. The molecular formula is C18H18Cl2N2O4. The number of esters is 1. The van der Waals surface area contributed by atoms with Gasteiger partial charge in [0.2, 0.25) is 0 Å². The zero-order valence-corrected chi connectivity index (χ0v) is 15.8. The van der Waals surface area contributed by atoms with Crippen molar-refractivity contribution in [3.05, 3.63) is 52.0 Å². The first-order chi connectivity index (χ1) is 12.5. The molecule has 0 saturated carbocycles. The van der Waals surface area contributed by atoms with Crippen LogP contribution < -0.4 is 14.9 Å². The molecule has 0 bridgehead atoms. The molecule has 0 saturated heterocycles. The Labute approximate surface area is 161 Å². The maximum atomic E-state index is 11.4. The second kappa shape index (κ2) is 9.89. The number of hydrazone groups is 1. The Kier molecular flexibility index (Phi) is 7.56. The average Bonchev–Trinajstić information content (AvgIpc) is 2.63. The molecule has 0 unspecified atom stereocenters. The normalized spacial score (nSPS) is 10.6. The number of anilines is 1. The summed E-state index contributed by atoms with van der Waals surface area (Å²) >= 11 is 11.8. The summed E-state index contributed by atoms with van der Waals surface area (Å²) in [6, 6.07) is 10.3. The van der Waals surface area contributed by atoms with Crippen LogP contribution in [0.15, 0.2) is 41.5 Å². The van der Waals surface area contributed by atoms with Crippen LogP contribution in [0.3, 0.4) is 0 Å². The maximum Gasteiger partial charge on any atom is 0.344 e. The van der Waals surface area contributed by atoms with Crippen LogP contribution >= 0.6 is 23.2 Å². The summed E-state index contributed by atoms with van der Waals surface area (Å²) in [6.45, 7) is 1.86. The third-order valence-electron chi connectivity index (χ3n) is 3.17. The molecule has 0 heterocycles. The monoisotopic (exact) mass is 396 g/mol. The van der Waals surface area contributed by atoms with Gasteiger partial charge >= 0.3 is 5.97 Å². The standard InChI is InChI=1S/C18H18Cl2N2O4/c1-3-25-18(23)11-26-16-7-4-12(8-17(16)24-2)10-21-22-13-5-6-14(19)15(20)9-13/h4-10,22H,3,11H2,1-2H3/b21-10-. The van der Waals surface area contributed by atoms with Crippen LogP contribution in [0.4, 0.5) is 5.69 Å². The van der Waals surface area contributed by atoms with Gasteiger partial charge in [-0.25, -0.2) is 4.79 Å². The van der Waals surface area contributed by atoms with E-state index in [-0.39, 0.29) is 6.61 Å². The molecule has 8 heteroatoms. The van der Waals surface area contributed by atoms with Crippen molar-refractivity contribution >= 4 is 41.1 Å². The van der Waals surface area contributed by atoms with E-state index in [1.807, 2.05) is 0 Å². The van der Waals surface area contributed by atoms with Gasteiger partial charge in [-0.15, -0.1) is 0 Å². The third-order valence-corrected chi connectivity index (χ3v) is 3.90. The predicted octanol–water partition coefficient (Wildman–Crippen LogP) is 4.39. The van der Waals surface area contributed by atoms with Gasteiger partial charge in [0.05, 0.1) is 35.7 Å². The molecule has 0 radical (unpaired) electrons. The van der Waals surface area contributed by atoms with Gasteiger partial charge in [-0.2, -0.15) is 5.10 Å². The van der Waals surface area contributed by atoms with E-state index in [0.717, 1.165) is 5.56 Å². The molecule has 0 aliphatic heterocycles. The fourth-order valence-corrected chi connectivity index (χ4v) is 2.27. The van der Waals surface area contributed by atoms with Crippen molar-refractivity contribution in [3.8, 4) is 11.5 Å². The van der Waals surface area contributed by atoms with Crippen LogP contribution in [-0.4, -0.2) is 32.5 Å². The molecule has 0 aliphatic carbocycles. The first kappa shape index (κ1) is 19.9. The minimum Gasteiger partial charge on any atom is -0.493 e. The van der Waals surface area contributed by atoms with Crippen LogP contribution in [0.1, 0.15) is 12.5 Å². The highest BCUT2D eigenvalue weighted by molar-refractivity contribution is 6.42. The molecule has 0 aromatic heterocycles. The number of carbonyl (C=O) groups excluding carboxylic acids is 1. The minimum atomic E-state index is -0.439. The van der Waals surface area contributed by atoms with Gasteiger partial charge in [-0.1, -0.05) is 23.2 Å². The summed E-state index contributed by atoms with van der Waals surface area (Å²) in [5, 5.41) is 5.06. The van der Waals surface area contributed by atoms with Gasteiger partial charge in [0.25, 0.3) is 0 Å². The molecule has 0 atom stereocenters. The van der Waals surface area contributed by atoms with Crippen molar-refractivity contribution in [2.75, 3.05) is 25.7 Å². The van der Waals surface area contributed by atoms with Gasteiger partial charge in [-0.05, 0) is 48.9 Å². The number of hydrogen-bond acceptors (Lipinski definition) is 6. The van der Waals surface area contributed by atoms with Crippen molar-refractivity contribution in [2.45, 2.75) is 6.92 Å². The average molecular weight is 397 g/mol. The Morgan fingerprint density at radius 2 is 1.96 bits per heavy atom. The van der Waals surface area contributed by atoms with E-state index in [4.69, 9.17) is 37.4 Å². The van der Waals surface area contributed by atoms with E-state index >= 15 is 0 Å². The Morgan fingerprint density at radius 1 is 1.15 bits per heavy atom. The Hall–Kier alpha value is -2.44. The van der Waals surface area contributed by atoms with E-state index < -0.39 is 5.97 Å². The number of methoxy groups -OCH3 is 1. The number of carbonyl (C=O) groups is 1. The molecule has 0 amide bonds. The lowest BCUT2D eigenvalue weighted by molar-refractivity contribution is -0.145. The molecule has 1 N–H and O–H groups in total. The largest absolute Gasteiger partial charge is 0.493 e. The van der Waals surface area contributed by atoms with Crippen molar-refractivity contribution in [3.63, 3.8) is 0 Å². The second-order valence-corrected chi connectivity index (χ2v) is 5.82. The highest BCUT2D eigenvalue weighted by Gasteiger charge is 2.08. The van der Waals surface area contributed by atoms with Crippen LogP contribution in [-0.2, 0) is 9.53 Å². The van der Waals surface area contributed by atoms with Gasteiger partial charge < -0.3 is 14.2 Å². The van der Waals surface area contributed by atoms with Crippen LogP contribution in [0.25, 0.3) is 0 Å². The van der Waals surface area contributed by atoms with Crippen molar-refractivity contribution in [1.82, 2.24) is 0 Å². The number of ether oxygens (including phenoxy) is 3. The van der Waals surface area contributed by atoms with Gasteiger partial charge in [0.15, 0.2) is 18.1 Å². The zero-order valence-electron chi connectivity index (χ0n) is 14.3. The molecule has 2 aromatic carbocycles. The fraction of sp³-hybridized carbons (Fsp3) is 0.222. The van der Waals surface area contributed by atoms with E-state index in [2.05, 4.69) is 10.5 Å². The minimum absolute atomic E-state index is 0.184. The highest BCUT2D eigenvalue weighted by atomic mass is 35.5. The zero-order chi connectivity index (χ0) is 18.9. The van der Waals surface area contributed by atoms with Gasteiger partial charge in [-0.3, -0.25) is 5.43 Å². The predicted molar refractivity (Wildman–Crippen MR) is 103 cm³/mol. The van der Waals surface area contributed by atoms with Crippen LogP contribution in [0, 0.1) is 0 Å². The molecule has 138 valence electrons. The topological polar surface area (TPSA) is 69.2 Å². The molecule has 0 aliphatic rings. The molecular weight excluding hydrogens is 379 g/mol. The molecule has 2 aromatic rings. The Balaban J connectivity index is 2.01. The number of hydrogen-bond donors (Lipinski definition) is 1. The van der Waals surface area contributed by atoms with Gasteiger partial charge in [0, 0.05) is 0 Å². The quantitative estimate of drug-likeness (QED) is 0.407. The smallest absolute Gasteiger partial charge is 0.344 e. The summed E-state index contributed by atoms with van der Waals surface area (Å²) in [5.41, 5.74) is 4.34. The summed E-state index contributed by atoms with van der Waals surface area (Å²) < 4.78 is 15.5. The lowest BCUT2D eigenvalue weighted by Gasteiger charge is -2.10. The van der Waals surface area contributed by atoms with E-state index in [9.17, 15) is 4.79 Å². The molecule has 0 fully saturated rings. The van der Waals surface area contributed by atoms with Crippen molar-refractivity contribution in [1.29, 1.82) is 0 Å². The summed E-state index contributed by atoms with van der Waals surface area (Å²) in [6.07, 6.45) is 1.61. The Bertz CT molecular complexity index is 797. The number of halogens is 2. The number of rotatable bonds is 8. The summed E-state index contributed by atoms with van der Waals surface area (Å²) in [7, 11) is 1.52. The van der Waals surface area contributed by atoms with Gasteiger partial charge in [0.1, 0.15) is 0 Å². The first-order valence-corrected chi connectivity index (χ1v) is 8.49.